The summed E-state index contributed by atoms with van der Waals surface area (Å²) in [7, 11) is 0. The van der Waals surface area contributed by atoms with Crippen molar-refractivity contribution in [3.8, 4) is 43.8 Å². The van der Waals surface area contributed by atoms with Crippen molar-refractivity contribution in [2.24, 2.45) is 0 Å². The maximum atomic E-state index is 2.44. The van der Waals surface area contributed by atoms with Crippen LogP contribution in [0.4, 0.5) is 17.1 Å². The van der Waals surface area contributed by atoms with E-state index in [4.69, 9.17) is 0 Å². The molecule has 1 nitrogen and oxygen atoms in total. The van der Waals surface area contributed by atoms with E-state index in [0.717, 1.165) is 17.1 Å². The van der Waals surface area contributed by atoms with Gasteiger partial charge in [0.15, 0.2) is 0 Å². The molecule has 252 valence electrons. The van der Waals surface area contributed by atoms with Gasteiger partial charge in [-0.3, -0.25) is 0 Å². The molecule has 10 rings (SSSR count). The highest BCUT2D eigenvalue weighted by molar-refractivity contribution is 7.22. The molecule has 9 aromatic rings. The quantitative estimate of drug-likeness (QED) is 0.167. The van der Waals surface area contributed by atoms with Gasteiger partial charge in [-0.15, -0.1) is 11.3 Å². The molecule has 1 heterocycles. The fraction of sp³-hybridized carbons (Fsp3) is 0.0588. The van der Waals surface area contributed by atoms with E-state index < -0.39 is 0 Å². The maximum Gasteiger partial charge on any atom is 0.0468 e. The van der Waals surface area contributed by atoms with Gasteiger partial charge in [0.05, 0.1) is 0 Å². The lowest BCUT2D eigenvalue weighted by Gasteiger charge is -2.26. The third kappa shape index (κ3) is 5.37. The molecule has 8 aromatic carbocycles. The van der Waals surface area contributed by atoms with Crippen molar-refractivity contribution in [3.05, 3.63) is 199 Å². The van der Waals surface area contributed by atoms with Gasteiger partial charge in [-0.25, -0.2) is 0 Å². The fourth-order valence-corrected chi connectivity index (χ4v) is 9.70. The van der Waals surface area contributed by atoms with Crippen molar-refractivity contribution < 1.29 is 0 Å². The Morgan fingerprint density at radius 3 is 1.57 bits per heavy atom. The Bertz CT molecular complexity index is 2690. The van der Waals surface area contributed by atoms with E-state index in [0.29, 0.717) is 0 Å². The summed E-state index contributed by atoms with van der Waals surface area (Å²) in [6.45, 7) is 4.78. The number of hydrogen-bond acceptors (Lipinski definition) is 2. The molecule has 0 unspecified atom stereocenters. The van der Waals surface area contributed by atoms with Gasteiger partial charge in [0.1, 0.15) is 0 Å². The first-order valence-corrected chi connectivity index (χ1v) is 19.2. The van der Waals surface area contributed by atoms with Crippen LogP contribution in [0.2, 0.25) is 0 Å². The van der Waals surface area contributed by atoms with Crippen molar-refractivity contribution >= 4 is 49.3 Å². The van der Waals surface area contributed by atoms with Gasteiger partial charge in [-0.05, 0) is 121 Å². The van der Waals surface area contributed by atoms with Gasteiger partial charge in [0.25, 0.3) is 0 Å². The van der Waals surface area contributed by atoms with Crippen LogP contribution in [-0.2, 0) is 5.41 Å². The highest BCUT2D eigenvalue weighted by Crippen LogP contribution is 2.56. The minimum Gasteiger partial charge on any atom is -0.310 e. The first-order chi connectivity index (χ1) is 26.0. The number of anilines is 3. The Hall–Kier alpha value is -6.22. The molecule has 0 atom stereocenters. The molecule has 0 spiro atoms. The highest BCUT2D eigenvalue weighted by Gasteiger charge is 2.38. The number of fused-ring (bicyclic) bond motifs is 6. The maximum absolute atomic E-state index is 2.44. The zero-order valence-corrected chi connectivity index (χ0v) is 30.6. The molecule has 0 saturated heterocycles. The second-order valence-electron chi connectivity index (χ2n) is 14.6. The summed E-state index contributed by atoms with van der Waals surface area (Å²) in [5, 5.41) is 3.84. The summed E-state index contributed by atoms with van der Waals surface area (Å²) in [4.78, 5) is 3.79. The molecule has 0 aliphatic heterocycles. The van der Waals surface area contributed by atoms with E-state index in [1.54, 1.807) is 0 Å². The molecule has 0 amide bonds. The van der Waals surface area contributed by atoms with Crippen molar-refractivity contribution in [2.75, 3.05) is 4.90 Å². The average molecular weight is 696 g/mol. The number of benzene rings is 8. The zero-order chi connectivity index (χ0) is 35.5. The van der Waals surface area contributed by atoms with E-state index >= 15 is 0 Å². The van der Waals surface area contributed by atoms with Crippen molar-refractivity contribution in [1.82, 2.24) is 0 Å². The van der Waals surface area contributed by atoms with Crippen LogP contribution in [0.5, 0.6) is 0 Å². The Morgan fingerprint density at radius 2 is 0.906 bits per heavy atom. The zero-order valence-electron chi connectivity index (χ0n) is 29.8. The second-order valence-corrected chi connectivity index (χ2v) is 15.6. The summed E-state index contributed by atoms with van der Waals surface area (Å²) < 4.78 is 1.38. The van der Waals surface area contributed by atoms with E-state index in [2.05, 4.69) is 207 Å². The van der Waals surface area contributed by atoms with E-state index in [9.17, 15) is 0 Å². The van der Waals surface area contributed by atoms with Crippen LogP contribution in [0.1, 0.15) is 25.0 Å². The smallest absolute Gasteiger partial charge is 0.0468 e. The minimum atomic E-state index is -0.0475. The van der Waals surface area contributed by atoms with Gasteiger partial charge in [-0.2, -0.15) is 0 Å². The van der Waals surface area contributed by atoms with E-state index in [1.165, 1.54) is 75.8 Å². The van der Waals surface area contributed by atoms with Crippen molar-refractivity contribution in [2.45, 2.75) is 19.3 Å². The number of thiophene rings is 1. The summed E-state index contributed by atoms with van der Waals surface area (Å²) in [5.41, 5.74) is 15.0. The molecule has 0 saturated carbocycles. The average Bonchev–Trinajstić information content (AvgIpc) is 3.72. The Kier molecular flexibility index (Phi) is 7.42. The molecule has 0 fully saturated rings. The number of nitrogens with zero attached hydrogens (tertiary/aromatic N) is 1. The molecule has 53 heavy (non-hydrogen) atoms. The molecule has 1 aliphatic rings. The predicted molar refractivity (Wildman–Crippen MR) is 228 cm³/mol. The molecule has 2 heteroatoms. The van der Waals surface area contributed by atoms with Gasteiger partial charge in [0.2, 0.25) is 0 Å². The van der Waals surface area contributed by atoms with Crippen LogP contribution in [0.3, 0.4) is 0 Å². The Labute approximate surface area is 315 Å². The van der Waals surface area contributed by atoms with Gasteiger partial charge in [-0.1, -0.05) is 147 Å². The topological polar surface area (TPSA) is 3.24 Å². The molecule has 0 N–H and O–H groups in total. The summed E-state index contributed by atoms with van der Waals surface area (Å²) in [6.07, 6.45) is 0. The van der Waals surface area contributed by atoms with Crippen LogP contribution in [0.25, 0.3) is 64.7 Å². The third-order valence-corrected chi connectivity index (χ3v) is 12.2. The van der Waals surface area contributed by atoms with Crippen LogP contribution in [-0.4, -0.2) is 0 Å². The second kappa shape index (κ2) is 12.5. The standard InChI is InChI=1S/C51H37NS/c1-51(2)47-33-41(24-30-45(47)50-49(51)46-15-9-10-16-48(46)53-50)38-17-18-40-32-44(29-23-39(40)31-38)52(42-25-19-36(20-26-42)34-11-5-3-6-12-34)43-27-21-37(22-28-43)35-13-7-4-8-14-35/h3-33H,1-2H3. The van der Waals surface area contributed by atoms with Crippen molar-refractivity contribution in [1.29, 1.82) is 0 Å². The normalized spacial score (nSPS) is 12.9. The lowest BCUT2D eigenvalue weighted by atomic mass is 9.80. The van der Waals surface area contributed by atoms with E-state index in [-0.39, 0.29) is 5.41 Å². The Morgan fingerprint density at radius 1 is 0.415 bits per heavy atom. The molecule has 0 radical (unpaired) electrons. The number of rotatable bonds is 6. The van der Waals surface area contributed by atoms with Crippen LogP contribution in [0, 0.1) is 0 Å². The number of hydrogen-bond donors (Lipinski definition) is 0. The highest BCUT2D eigenvalue weighted by atomic mass is 32.1. The van der Waals surface area contributed by atoms with E-state index in [1.807, 2.05) is 11.3 Å². The lowest BCUT2D eigenvalue weighted by Crippen LogP contribution is -2.15. The largest absolute Gasteiger partial charge is 0.310 e. The molecule has 0 bridgehead atoms. The lowest BCUT2D eigenvalue weighted by molar-refractivity contribution is 0.667. The third-order valence-electron chi connectivity index (χ3n) is 11.0. The van der Waals surface area contributed by atoms with Crippen molar-refractivity contribution in [3.63, 3.8) is 0 Å². The van der Waals surface area contributed by atoms with Gasteiger partial charge in [0, 0.05) is 32.1 Å². The summed E-state index contributed by atoms with van der Waals surface area (Å²) in [6, 6.07) is 68.7. The van der Waals surface area contributed by atoms with Gasteiger partial charge < -0.3 is 4.90 Å². The molecule has 1 aliphatic carbocycles. The summed E-state index contributed by atoms with van der Waals surface area (Å²) in [5.74, 6) is 0. The van der Waals surface area contributed by atoms with Gasteiger partial charge >= 0.3 is 0 Å². The molecule has 1 aromatic heterocycles. The SMILES string of the molecule is CC1(C)c2cc(-c3ccc4cc(N(c5ccc(-c6ccccc6)cc5)c5ccc(-c6ccccc6)cc5)ccc4c3)ccc2-c2sc3ccccc3c21. The predicted octanol–water partition coefficient (Wildman–Crippen LogP) is 14.8. The summed E-state index contributed by atoms with van der Waals surface area (Å²) >= 11 is 1.93. The van der Waals surface area contributed by atoms with Crippen LogP contribution < -0.4 is 4.90 Å². The fourth-order valence-electron chi connectivity index (χ4n) is 8.30. The monoisotopic (exact) mass is 695 g/mol. The first-order valence-electron chi connectivity index (χ1n) is 18.3. The molecular weight excluding hydrogens is 659 g/mol. The van der Waals surface area contributed by atoms with Crippen LogP contribution in [0.15, 0.2) is 188 Å². The first kappa shape index (κ1) is 31.5. The van der Waals surface area contributed by atoms with Crippen LogP contribution >= 0.6 is 11.3 Å². The Balaban J connectivity index is 1.02. The molecular formula is C51H37NS. The minimum absolute atomic E-state index is 0.0475.